The highest BCUT2D eigenvalue weighted by Crippen LogP contribution is 2.24. The van der Waals surface area contributed by atoms with Crippen LogP contribution in [0.1, 0.15) is 34.0 Å². The molecule has 7 nitrogen and oxygen atoms in total. The fourth-order valence-corrected chi connectivity index (χ4v) is 4.73. The van der Waals surface area contributed by atoms with Gasteiger partial charge in [0.1, 0.15) is 0 Å². The molecule has 2 aromatic rings. The summed E-state index contributed by atoms with van der Waals surface area (Å²) in [6.45, 7) is 5.66. The van der Waals surface area contributed by atoms with E-state index >= 15 is 0 Å². The van der Waals surface area contributed by atoms with Crippen molar-refractivity contribution in [1.29, 1.82) is 0 Å². The number of carbonyl (C=O) groups excluding carboxylic acids is 2. The number of benzene rings is 2. The van der Waals surface area contributed by atoms with Gasteiger partial charge in [-0.1, -0.05) is 24.3 Å². The van der Waals surface area contributed by atoms with E-state index in [1.165, 1.54) is 11.1 Å². The molecule has 1 unspecified atom stereocenters. The second kappa shape index (κ2) is 11.4. The Bertz CT molecular complexity index is 1140. The van der Waals surface area contributed by atoms with Crippen LogP contribution in [-0.4, -0.2) is 74.3 Å². The van der Waals surface area contributed by atoms with Crippen molar-refractivity contribution < 1.29 is 14.3 Å². The number of amides is 2. The molecule has 0 radical (unpaired) electrons. The van der Waals surface area contributed by atoms with Crippen molar-refractivity contribution in [3.8, 4) is 0 Å². The highest BCUT2D eigenvalue weighted by atomic mass is 16.5. The number of hydrogen-bond donors (Lipinski definition) is 1. The zero-order valence-corrected chi connectivity index (χ0v) is 20.8. The number of fused-ring (bicyclic) bond motifs is 2. The van der Waals surface area contributed by atoms with Gasteiger partial charge < -0.3 is 15.0 Å². The SMILES string of the molecule is C/N=C\C=C(/C)C(=O)Nc1ccc2c(c1)CCN(CC(CN1CCc3ccccc3C1)OC)C2=O. The van der Waals surface area contributed by atoms with Gasteiger partial charge >= 0.3 is 0 Å². The summed E-state index contributed by atoms with van der Waals surface area (Å²) >= 11 is 0. The van der Waals surface area contributed by atoms with E-state index in [1.807, 2.05) is 17.0 Å². The fourth-order valence-electron chi connectivity index (χ4n) is 4.73. The van der Waals surface area contributed by atoms with Crippen molar-refractivity contribution in [1.82, 2.24) is 9.80 Å². The molecule has 2 aromatic carbocycles. The van der Waals surface area contributed by atoms with Crippen molar-refractivity contribution in [2.24, 2.45) is 4.99 Å². The van der Waals surface area contributed by atoms with Gasteiger partial charge in [0, 0.05) is 69.9 Å². The molecule has 184 valence electrons. The monoisotopic (exact) mass is 474 g/mol. The van der Waals surface area contributed by atoms with Gasteiger partial charge in [0.05, 0.1) is 6.10 Å². The summed E-state index contributed by atoms with van der Waals surface area (Å²) in [5.74, 6) is -0.165. The predicted molar refractivity (Wildman–Crippen MR) is 139 cm³/mol. The normalized spacial score (nSPS) is 17.3. The Kier molecular flexibility index (Phi) is 8.10. The molecule has 2 amide bonds. The Morgan fingerprint density at radius 3 is 2.66 bits per heavy atom. The summed E-state index contributed by atoms with van der Waals surface area (Å²) in [6.07, 6.45) is 5.00. The van der Waals surface area contributed by atoms with Gasteiger partial charge in [-0.25, -0.2) is 0 Å². The van der Waals surface area contributed by atoms with E-state index in [0.717, 1.165) is 38.0 Å². The van der Waals surface area contributed by atoms with Crippen molar-refractivity contribution >= 4 is 23.7 Å². The predicted octanol–water partition coefficient (Wildman–Crippen LogP) is 3.34. The number of hydrogen-bond acceptors (Lipinski definition) is 5. The van der Waals surface area contributed by atoms with Gasteiger partial charge in [-0.3, -0.25) is 19.5 Å². The molecule has 1 atom stereocenters. The maximum absolute atomic E-state index is 13.2. The minimum atomic E-state index is -0.183. The fraction of sp³-hybridized carbons (Fsp3) is 0.393. The molecule has 0 aliphatic carbocycles. The largest absolute Gasteiger partial charge is 0.378 e. The minimum absolute atomic E-state index is 0.0189. The first-order valence-corrected chi connectivity index (χ1v) is 12.1. The van der Waals surface area contributed by atoms with Gasteiger partial charge in [-0.2, -0.15) is 0 Å². The van der Waals surface area contributed by atoms with E-state index in [2.05, 4.69) is 39.5 Å². The minimum Gasteiger partial charge on any atom is -0.378 e. The number of aliphatic imine (C=N–C) groups is 1. The van der Waals surface area contributed by atoms with Gasteiger partial charge in [0.2, 0.25) is 0 Å². The number of ether oxygens (including phenoxy) is 1. The Hall–Kier alpha value is -3.29. The molecule has 2 aliphatic rings. The summed E-state index contributed by atoms with van der Waals surface area (Å²) in [7, 11) is 3.38. The van der Waals surface area contributed by atoms with E-state index in [9.17, 15) is 9.59 Å². The highest BCUT2D eigenvalue weighted by Gasteiger charge is 2.28. The van der Waals surface area contributed by atoms with E-state index in [1.54, 1.807) is 39.4 Å². The number of methoxy groups -OCH3 is 1. The molecule has 7 heteroatoms. The third kappa shape index (κ3) is 6.05. The molecular formula is C28H34N4O3. The summed E-state index contributed by atoms with van der Waals surface area (Å²) < 4.78 is 5.80. The summed E-state index contributed by atoms with van der Waals surface area (Å²) in [4.78, 5) is 33.8. The van der Waals surface area contributed by atoms with Crippen molar-refractivity contribution in [2.75, 3.05) is 45.7 Å². The number of nitrogens with one attached hydrogen (secondary N) is 1. The molecule has 35 heavy (non-hydrogen) atoms. The van der Waals surface area contributed by atoms with Crippen LogP contribution in [0.15, 0.2) is 59.1 Å². The van der Waals surface area contributed by atoms with Gasteiger partial charge in [-0.15, -0.1) is 0 Å². The molecule has 4 rings (SSSR count). The van der Waals surface area contributed by atoms with E-state index in [0.29, 0.717) is 29.9 Å². The maximum Gasteiger partial charge on any atom is 0.254 e. The Morgan fingerprint density at radius 1 is 1.11 bits per heavy atom. The molecule has 0 bridgehead atoms. The zero-order chi connectivity index (χ0) is 24.8. The van der Waals surface area contributed by atoms with Crippen LogP contribution in [0, 0.1) is 0 Å². The van der Waals surface area contributed by atoms with Gasteiger partial charge in [0.25, 0.3) is 11.8 Å². The van der Waals surface area contributed by atoms with Crippen molar-refractivity contribution in [3.63, 3.8) is 0 Å². The smallest absolute Gasteiger partial charge is 0.254 e. The second-order valence-corrected chi connectivity index (χ2v) is 9.20. The molecule has 0 spiro atoms. The van der Waals surface area contributed by atoms with Crippen LogP contribution in [-0.2, 0) is 28.9 Å². The lowest BCUT2D eigenvalue weighted by atomic mass is 9.97. The third-order valence-corrected chi connectivity index (χ3v) is 6.79. The lowest BCUT2D eigenvalue weighted by Gasteiger charge is -2.35. The van der Waals surface area contributed by atoms with Crippen molar-refractivity contribution in [3.05, 3.63) is 76.4 Å². The van der Waals surface area contributed by atoms with Crippen LogP contribution in [0.25, 0.3) is 0 Å². The molecule has 0 fully saturated rings. The Morgan fingerprint density at radius 2 is 1.89 bits per heavy atom. The van der Waals surface area contributed by atoms with Crippen LogP contribution >= 0.6 is 0 Å². The number of nitrogens with zero attached hydrogens (tertiary/aromatic N) is 3. The zero-order valence-electron chi connectivity index (χ0n) is 20.8. The Labute approximate surface area is 207 Å². The lowest BCUT2D eigenvalue weighted by Crippen LogP contribution is -2.47. The Balaban J connectivity index is 1.37. The number of rotatable bonds is 8. The molecule has 2 heterocycles. The molecular weight excluding hydrogens is 440 g/mol. The molecule has 2 aliphatic heterocycles. The summed E-state index contributed by atoms with van der Waals surface area (Å²) in [5.41, 5.74) is 5.72. The first-order valence-electron chi connectivity index (χ1n) is 12.1. The molecule has 0 saturated heterocycles. The van der Waals surface area contributed by atoms with Crippen LogP contribution < -0.4 is 5.32 Å². The highest BCUT2D eigenvalue weighted by molar-refractivity contribution is 6.06. The molecule has 0 saturated carbocycles. The quantitative estimate of drug-likeness (QED) is 0.470. The average Bonchev–Trinajstić information content (AvgIpc) is 2.88. The number of anilines is 1. The topological polar surface area (TPSA) is 74.2 Å². The summed E-state index contributed by atoms with van der Waals surface area (Å²) in [6, 6.07) is 14.1. The average molecular weight is 475 g/mol. The second-order valence-electron chi connectivity index (χ2n) is 9.20. The van der Waals surface area contributed by atoms with E-state index in [4.69, 9.17) is 4.74 Å². The van der Waals surface area contributed by atoms with Gasteiger partial charge in [0.15, 0.2) is 0 Å². The summed E-state index contributed by atoms with van der Waals surface area (Å²) in [5, 5.41) is 2.90. The van der Waals surface area contributed by atoms with Gasteiger partial charge in [-0.05, 0) is 60.7 Å². The van der Waals surface area contributed by atoms with Crippen LogP contribution in [0.2, 0.25) is 0 Å². The van der Waals surface area contributed by atoms with E-state index in [-0.39, 0.29) is 17.9 Å². The van der Waals surface area contributed by atoms with Crippen molar-refractivity contribution in [2.45, 2.75) is 32.4 Å². The van der Waals surface area contributed by atoms with E-state index < -0.39 is 0 Å². The first kappa shape index (κ1) is 24.8. The van der Waals surface area contributed by atoms with Crippen LogP contribution in [0.4, 0.5) is 5.69 Å². The molecule has 1 N–H and O–H groups in total. The van der Waals surface area contributed by atoms with Crippen LogP contribution in [0.5, 0.6) is 0 Å². The van der Waals surface area contributed by atoms with Crippen LogP contribution in [0.3, 0.4) is 0 Å². The standard InChI is InChI=1S/C28H34N4O3/c1-20(10-13-29-2)27(33)30-24-8-9-26-22(16-24)12-15-32(28(26)34)19-25(35-3)18-31-14-11-21-6-4-5-7-23(21)17-31/h4-10,13,16,25H,11-12,14-15,17-19H2,1-3H3,(H,30,33)/b20-10+,29-13-. The lowest BCUT2D eigenvalue weighted by molar-refractivity contribution is -0.112. The first-order chi connectivity index (χ1) is 17.0. The maximum atomic E-state index is 13.2. The number of allylic oxidation sites excluding steroid dienone is 1. The number of carbonyl (C=O) groups is 2. The molecule has 0 aromatic heterocycles. The third-order valence-electron chi connectivity index (χ3n) is 6.79.